The van der Waals surface area contributed by atoms with E-state index in [1.165, 1.54) is 18.2 Å². The summed E-state index contributed by atoms with van der Waals surface area (Å²) in [5.41, 5.74) is 1.30. The summed E-state index contributed by atoms with van der Waals surface area (Å²) in [7, 11) is 1.48. The Balaban J connectivity index is 2.02. The molecule has 0 saturated heterocycles. The number of nitrogens with one attached hydrogen (secondary N) is 1. The fourth-order valence-corrected chi connectivity index (χ4v) is 2.53. The van der Waals surface area contributed by atoms with Gasteiger partial charge in [-0.15, -0.1) is 0 Å². The van der Waals surface area contributed by atoms with Gasteiger partial charge in [0.25, 0.3) is 9.05 Å². The lowest BCUT2D eigenvalue weighted by Crippen LogP contribution is -2.07. The van der Waals surface area contributed by atoms with Crippen molar-refractivity contribution in [3.63, 3.8) is 0 Å². The van der Waals surface area contributed by atoms with E-state index >= 15 is 0 Å². The van der Waals surface area contributed by atoms with Gasteiger partial charge in [0.15, 0.2) is 0 Å². The first-order valence-electron chi connectivity index (χ1n) is 6.14. The van der Waals surface area contributed by atoms with Gasteiger partial charge in [-0.2, -0.15) is 0 Å². The van der Waals surface area contributed by atoms with E-state index in [1.807, 2.05) is 0 Å². The second-order valence-electron chi connectivity index (χ2n) is 4.34. The monoisotopic (exact) mass is 355 g/mol. The van der Waals surface area contributed by atoms with Gasteiger partial charge in [0.2, 0.25) is 5.91 Å². The summed E-state index contributed by atoms with van der Waals surface area (Å²) in [5, 5.41) is 3.26. The van der Waals surface area contributed by atoms with Crippen molar-refractivity contribution in [2.75, 3.05) is 5.32 Å². The van der Waals surface area contributed by atoms with E-state index in [9.17, 15) is 13.2 Å². The van der Waals surface area contributed by atoms with E-state index in [-0.39, 0.29) is 10.8 Å². The lowest BCUT2D eigenvalue weighted by atomic mass is 10.2. The second-order valence-corrected chi connectivity index (χ2v) is 7.34. The molecule has 0 aliphatic heterocycles. The van der Waals surface area contributed by atoms with Crippen LogP contribution >= 0.6 is 22.3 Å². The fourth-order valence-electron chi connectivity index (χ4n) is 1.63. The highest BCUT2D eigenvalue weighted by Crippen LogP contribution is 2.16. The van der Waals surface area contributed by atoms with Gasteiger partial charge in [0.05, 0.1) is 4.90 Å². The molecular weight excluding hydrogens is 345 g/mol. The topological polar surface area (TPSA) is 63.2 Å². The van der Waals surface area contributed by atoms with Crippen molar-refractivity contribution >= 4 is 49.0 Å². The maximum absolute atomic E-state index is 11.7. The van der Waals surface area contributed by atoms with Crippen molar-refractivity contribution < 1.29 is 13.2 Å². The average Bonchev–Trinajstić information content (AvgIpc) is 2.47. The van der Waals surface area contributed by atoms with Gasteiger partial charge in [-0.1, -0.05) is 23.7 Å². The molecule has 0 atom stereocenters. The second kappa shape index (κ2) is 6.96. The number of amides is 1. The Morgan fingerprint density at radius 3 is 2.14 bits per heavy atom. The van der Waals surface area contributed by atoms with Crippen LogP contribution in [0.5, 0.6) is 0 Å². The molecule has 0 unspecified atom stereocenters. The highest BCUT2D eigenvalue weighted by Gasteiger charge is 2.08. The summed E-state index contributed by atoms with van der Waals surface area (Å²) >= 11 is 5.76. The average molecular weight is 356 g/mol. The molecule has 0 radical (unpaired) electrons. The number of halogens is 2. The number of carbonyl (C=O) groups is 1. The Kier molecular flexibility index (Phi) is 5.24. The zero-order valence-electron chi connectivity index (χ0n) is 11.2. The van der Waals surface area contributed by atoms with Crippen LogP contribution in [0.25, 0.3) is 6.08 Å². The van der Waals surface area contributed by atoms with Gasteiger partial charge < -0.3 is 5.32 Å². The molecular formula is C15H11Cl2NO3S. The van der Waals surface area contributed by atoms with Gasteiger partial charge in [-0.05, 0) is 48.0 Å². The van der Waals surface area contributed by atoms with Crippen molar-refractivity contribution in [1.29, 1.82) is 0 Å². The highest BCUT2D eigenvalue weighted by molar-refractivity contribution is 8.13. The molecule has 7 heteroatoms. The number of benzene rings is 2. The van der Waals surface area contributed by atoms with Crippen molar-refractivity contribution in [3.05, 3.63) is 65.2 Å². The lowest BCUT2D eigenvalue weighted by Gasteiger charge is -2.01. The minimum Gasteiger partial charge on any atom is -0.323 e. The minimum absolute atomic E-state index is 0.0110. The van der Waals surface area contributed by atoms with Crippen LogP contribution in [0.1, 0.15) is 5.56 Å². The summed E-state index contributed by atoms with van der Waals surface area (Å²) < 4.78 is 22.2. The quantitative estimate of drug-likeness (QED) is 0.667. The molecule has 0 spiro atoms. The third kappa shape index (κ3) is 4.87. The molecule has 0 aliphatic rings. The Hall–Kier alpha value is -1.82. The largest absolute Gasteiger partial charge is 0.323 e. The van der Waals surface area contributed by atoms with Crippen molar-refractivity contribution in [2.45, 2.75) is 4.90 Å². The maximum Gasteiger partial charge on any atom is 0.261 e. The Morgan fingerprint density at radius 1 is 1.00 bits per heavy atom. The molecule has 0 aliphatic carbocycles. The van der Waals surface area contributed by atoms with E-state index < -0.39 is 9.05 Å². The van der Waals surface area contributed by atoms with Crippen molar-refractivity contribution in [3.8, 4) is 0 Å². The van der Waals surface area contributed by atoms with Gasteiger partial charge in [0, 0.05) is 27.5 Å². The Labute approximate surface area is 137 Å². The van der Waals surface area contributed by atoms with Gasteiger partial charge in [-0.3, -0.25) is 4.79 Å². The first-order valence-corrected chi connectivity index (χ1v) is 8.83. The number of anilines is 1. The summed E-state index contributed by atoms with van der Waals surface area (Å²) in [6.07, 6.45) is 2.91. The van der Waals surface area contributed by atoms with E-state index in [0.717, 1.165) is 0 Å². The van der Waals surface area contributed by atoms with Crippen LogP contribution in [0.15, 0.2) is 59.5 Å². The summed E-state index contributed by atoms with van der Waals surface area (Å²) in [6, 6.07) is 12.6. The zero-order chi connectivity index (χ0) is 16.2. The molecule has 0 fully saturated rings. The van der Waals surface area contributed by atoms with Crippen LogP contribution in [0.4, 0.5) is 5.69 Å². The molecule has 1 amide bonds. The first-order chi connectivity index (χ1) is 10.3. The van der Waals surface area contributed by atoms with Crippen molar-refractivity contribution in [2.24, 2.45) is 0 Å². The van der Waals surface area contributed by atoms with Gasteiger partial charge in [0.1, 0.15) is 0 Å². The molecule has 1 N–H and O–H groups in total. The van der Waals surface area contributed by atoms with Crippen LogP contribution in [0.2, 0.25) is 5.02 Å². The van der Waals surface area contributed by atoms with E-state index in [4.69, 9.17) is 22.3 Å². The predicted molar refractivity (Wildman–Crippen MR) is 88.6 cm³/mol. The third-order valence-electron chi connectivity index (χ3n) is 2.70. The molecule has 22 heavy (non-hydrogen) atoms. The van der Waals surface area contributed by atoms with Gasteiger partial charge >= 0.3 is 0 Å². The Bertz CT molecular complexity index is 798. The standard InChI is InChI=1S/C15H11Cl2NO3S/c16-12-4-6-13(7-5-12)18-15(19)10-3-11-1-8-14(9-2-11)22(17,20)21/h1-10H,(H,18,19). The normalized spacial score (nSPS) is 11.5. The molecule has 2 aromatic carbocycles. The molecule has 2 aromatic rings. The van der Waals surface area contributed by atoms with Crippen molar-refractivity contribution in [1.82, 2.24) is 0 Å². The lowest BCUT2D eigenvalue weighted by molar-refractivity contribution is -0.111. The number of hydrogen-bond donors (Lipinski definition) is 1. The number of rotatable bonds is 4. The molecule has 0 bridgehead atoms. The van der Waals surface area contributed by atoms with Crippen LogP contribution < -0.4 is 5.32 Å². The molecule has 114 valence electrons. The predicted octanol–water partition coefficient (Wildman–Crippen LogP) is 3.92. The fraction of sp³-hybridized carbons (Fsp3) is 0. The summed E-state index contributed by atoms with van der Waals surface area (Å²) in [5.74, 6) is -0.309. The SMILES string of the molecule is O=C(C=Cc1ccc(S(=O)(=O)Cl)cc1)Nc1ccc(Cl)cc1. The molecule has 2 rings (SSSR count). The van der Waals surface area contributed by atoms with Crippen LogP contribution in [0, 0.1) is 0 Å². The summed E-state index contributed by atoms with van der Waals surface area (Å²) in [6.45, 7) is 0. The van der Waals surface area contributed by atoms with Crippen LogP contribution in [-0.4, -0.2) is 14.3 Å². The number of carbonyl (C=O) groups excluding carboxylic acids is 1. The maximum atomic E-state index is 11.7. The minimum atomic E-state index is -3.74. The van der Waals surface area contributed by atoms with E-state index in [2.05, 4.69) is 5.32 Å². The number of hydrogen-bond acceptors (Lipinski definition) is 3. The smallest absolute Gasteiger partial charge is 0.261 e. The van der Waals surface area contributed by atoms with Gasteiger partial charge in [-0.25, -0.2) is 8.42 Å². The van der Waals surface area contributed by atoms with Crippen LogP contribution in [0.3, 0.4) is 0 Å². The van der Waals surface area contributed by atoms with Crippen LogP contribution in [-0.2, 0) is 13.8 Å². The highest BCUT2D eigenvalue weighted by atomic mass is 35.7. The third-order valence-corrected chi connectivity index (χ3v) is 4.32. The Morgan fingerprint density at radius 2 is 1.59 bits per heavy atom. The zero-order valence-corrected chi connectivity index (χ0v) is 13.5. The molecule has 0 aromatic heterocycles. The molecule has 4 nitrogen and oxygen atoms in total. The molecule has 0 saturated carbocycles. The van der Waals surface area contributed by atoms with E-state index in [1.54, 1.807) is 42.5 Å². The first kappa shape index (κ1) is 16.5. The van der Waals surface area contributed by atoms with E-state index in [0.29, 0.717) is 16.3 Å². The molecule has 0 heterocycles. The summed E-state index contributed by atoms with van der Waals surface area (Å²) in [4.78, 5) is 11.8.